The molecule has 0 aromatic rings. The Balaban J connectivity index is 2.97. The quantitative estimate of drug-likeness (QED) is 0.357. The van der Waals surface area contributed by atoms with Gasteiger partial charge in [0.15, 0.2) is 0 Å². The van der Waals surface area contributed by atoms with Crippen molar-refractivity contribution < 1.29 is 9.53 Å². The minimum absolute atomic E-state index is 0.170. The van der Waals surface area contributed by atoms with Crippen LogP contribution in [0.15, 0.2) is 0 Å². The largest absolute Gasteiger partial charge is 0.469 e. The van der Waals surface area contributed by atoms with Gasteiger partial charge in [-0.15, -0.1) is 0 Å². The Bertz CT molecular complexity index is 87.0. The smallest absolute Gasteiger partial charge is 0.306 e. The fourth-order valence-electron chi connectivity index (χ4n) is 0.357. The van der Waals surface area contributed by atoms with Gasteiger partial charge in [-0.3, -0.25) is 9.52 Å². The van der Waals surface area contributed by atoms with E-state index in [-0.39, 0.29) is 5.97 Å². The monoisotopic (exact) mass is 149 g/mol. The van der Waals surface area contributed by atoms with Crippen molar-refractivity contribution >= 4 is 17.9 Å². The zero-order valence-corrected chi connectivity index (χ0v) is 6.46. The summed E-state index contributed by atoms with van der Waals surface area (Å²) in [5.74, 6) is -0.170. The average Bonchev–Trinajstić information content (AvgIpc) is 1.89. The molecular formula is C5H11NO2S. The van der Waals surface area contributed by atoms with Crippen LogP contribution in [0, 0.1) is 0 Å². The van der Waals surface area contributed by atoms with Crippen LogP contribution in [0.4, 0.5) is 0 Å². The van der Waals surface area contributed by atoms with E-state index in [0.29, 0.717) is 13.0 Å². The van der Waals surface area contributed by atoms with E-state index >= 15 is 0 Å². The van der Waals surface area contributed by atoms with Gasteiger partial charge < -0.3 is 4.74 Å². The molecule has 0 aromatic heterocycles. The van der Waals surface area contributed by atoms with E-state index in [4.69, 9.17) is 0 Å². The zero-order valence-electron chi connectivity index (χ0n) is 5.64. The number of hydrogen-bond acceptors (Lipinski definition) is 4. The summed E-state index contributed by atoms with van der Waals surface area (Å²) < 4.78 is 7.34. The first-order valence-corrected chi connectivity index (χ1v) is 3.86. The lowest BCUT2D eigenvalue weighted by molar-refractivity contribution is -0.140. The van der Waals surface area contributed by atoms with Crippen LogP contribution < -0.4 is 4.72 Å². The van der Waals surface area contributed by atoms with Crippen LogP contribution >= 0.6 is 11.9 Å². The standard InChI is InChI=1S/C5H11NO2S/c1-8-5(7)3-4-6-9-2/h6H,3-4H2,1-2H3. The van der Waals surface area contributed by atoms with Gasteiger partial charge >= 0.3 is 5.97 Å². The normalized spacial score (nSPS) is 9.11. The first-order valence-electron chi connectivity index (χ1n) is 2.64. The highest BCUT2D eigenvalue weighted by molar-refractivity contribution is 7.96. The molecule has 0 aliphatic heterocycles. The second kappa shape index (κ2) is 5.91. The van der Waals surface area contributed by atoms with Crippen molar-refractivity contribution in [3.05, 3.63) is 0 Å². The number of carbonyl (C=O) groups excluding carboxylic acids is 1. The molecule has 0 unspecified atom stereocenters. The highest BCUT2D eigenvalue weighted by atomic mass is 32.2. The van der Waals surface area contributed by atoms with Crippen LogP contribution in [0.25, 0.3) is 0 Å². The highest BCUT2D eigenvalue weighted by Gasteiger charge is 1.96. The lowest BCUT2D eigenvalue weighted by atomic mass is 10.4. The second-order valence-corrected chi connectivity index (χ2v) is 2.12. The van der Waals surface area contributed by atoms with E-state index in [0.717, 1.165) is 0 Å². The summed E-state index contributed by atoms with van der Waals surface area (Å²) in [5, 5.41) is 0. The van der Waals surface area contributed by atoms with Gasteiger partial charge in [0.1, 0.15) is 0 Å². The maximum Gasteiger partial charge on any atom is 0.306 e. The summed E-state index contributed by atoms with van der Waals surface area (Å²) in [5.41, 5.74) is 0. The Morgan fingerprint density at radius 1 is 1.78 bits per heavy atom. The average molecular weight is 149 g/mol. The SMILES string of the molecule is COC(=O)CCNSC. The van der Waals surface area contributed by atoms with Crippen molar-refractivity contribution in [2.75, 3.05) is 19.9 Å². The van der Waals surface area contributed by atoms with Gasteiger partial charge in [0.2, 0.25) is 0 Å². The van der Waals surface area contributed by atoms with Crippen molar-refractivity contribution in [1.29, 1.82) is 0 Å². The number of hydrogen-bond donors (Lipinski definition) is 1. The fourth-order valence-corrected chi connectivity index (χ4v) is 0.663. The molecule has 3 nitrogen and oxygen atoms in total. The molecule has 1 N–H and O–H groups in total. The zero-order chi connectivity index (χ0) is 7.11. The molecule has 0 rings (SSSR count). The molecular weight excluding hydrogens is 138 g/mol. The van der Waals surface area contributed by atoms with Crippen molar-refractivity contribution in [3.8, 4) is 0 Å². The fraction of sp³-hybridized carbons (Fsp3) is 0.800. The summed E-state index contributed by atoms with van der Waals surface area (Å²) >= 11 is 1.50. The summed E-state index contributed by atoms with van der Waals surface area (Å²) in [6.07, 6.45) is 2.36. The minimum Gasteiger partial charge on any atom is -0.469 e. The van der Waals surface area contributed by atoms with Gasteiger partial charge in [0.25, 0.3) is 0 Å². The lowest BCUT2D eigenvalue weighted by Gasteiger charge is -1.97. The van der Waals surface area contributed by atoms with Crippen molar-refractivity contribution in [2.24, 2.45) is 0 Å². The Morgan fingerprint density at radius 3 is 2.89 bits per heavy atom. The van der Waals surface area contributed by atoms with Crippen molar-refractivity contribution in [2.45, 2.75) is 6.42 Å². The maximum atomic E-state index is 10.4. The van der Waals surface area contributed by atoms with Crippen LogP contribution in [0.5, 0.6) is 0 Å². The molecule has 0 fully saturated rings. The third-order valence-corrected chi connectivity index (χ3v) is 1.30. The molecule has 0 aromatic carbocycles. The number of ether oxygens (including phenoxy) is 1. The van der Waals surface area contributed by atoms with Gasteiger partial charge in [-0.1, -0.05) is 11.9 Å². The predicted molar refractivity (Wildman–Crippen MR) is 38.2 cm³/mol. The van der Waals surface area contributed by atoms with E-state index < -0.39 is 0 Å². The van der Waals surface area contributed by atoms with E-state index in [9.17, 15) is 4.79 Å². The minimum atomic E-state index is -0.170. The lowest BCUT2D eigenvalue weighted by Crippen LogP contribution is -2.11. The molecule has 0 spiro atoms. The van der Waals surface area contributed by atoms with Crippen molar-refractivity contribution in [3.63, 3.8) is 0 Å². The molecule has 54 valence electrons. The molecule has 0 aliphatic carbocycles. The third-order valence-electron chi connectivity index (χ3n) is 0.803. The van der Waals surface area contributed by atoms with Gasteiger partial charge in [-0.05, 0) is 6.26 Å². The summed E-state index contributed by atoms with van der Waals surface area (Å²) in [7, 11) is 1.39. The highest BCUT2D eigenvalue weighted by Crippen LogP contribution is 1.85. The Hall–Kier alpha value is -0.220. The van der Waals surface area contributed by atoms with Crippen LogP contribution in [0.1, 0.15) is 6.42 Å². The van der Waals surface area contributed by atoms with Crippen LogP contribution in [0.3, 0.4) is 0 Å². The number of nitrogens with one attached hydrogen (secondary N) is 1. The van der Waals surface area contributed by atoms with Gasteiger partial charge in [-0.2, -0.15) is 0 Å². The van der Waals surface area contributed by atoms with Gasteiger partial charge in [0, 0.05) is 6.54 Å². The van der Waals surface area contributed by atoms with Gasteiger partial charge in [-0.25, -0.2) is 0 Å². The summed E-state index contributed by atoms with van der Waals surface area (Å²) in [4.78, 5) is 10.4. The molecule has 0 radical (unpaired) electrons. The van der Waals surface area contributed by atoms with Crippen molar-refractivity contribution in [1.82, 2.24) is 4.72 Å². The molecule has 0 aliphatic rings. The maximum absolute atomic E-state index is 10.4. The number of methoxy groups -OCH3 is 1. The molecule has 0 bridgehead atoms. The molecule has 4 heteroatoms. The Morgan fingerprint density at radius 2 is 2.44 bits per heavy atom. The van der Waals surface area contributed by atoms with Crippen LogP contribution in [-0.4, -0.2) is 25.9 Å². The Kier molecular flexibility index (Phi) is 5.76. The van der Waals surface area contributed by atoms with E-state index in [1.165, 1.54) is 19.1 Å². The molecule has 9 heavy (non-hydrogen) atoms. The van der Waals surface area contributed by atoms with E-state index in [1.54, 1.807) is 0 Å². The molecule has 0 saturated heterocycles. The molecule has 0 amide bonds. The Labute approximate surface area is 59.3 Å². The van der Waals surface area contributed by atoms with Crippen LogP contribution in [-0.2, 0) is 9.53 Å². The molecule has 0 heterocycles. The summed E-state index contributed by atoms with van der Waals surface area (Å²) in [6, 6.07) is 0. The second-order valence-electron chi connectivity index (χ2n) is 1.42. The van der Waals surface area contributed by atoms with Crippen LogP contribution in [0.2, 0.25) is 0 Å². The first kappa shape index (κ1) is 8.78. The topological polar surface area (TPSA) is 38.3 Å². The summed E-state index contributed by atoms with van der Waals surface area (Å²) in [6.45, 7) is 0.674. The number of rotatable bonds is 4. The van der Waals surface area contributed by atoms with E-state index in [1.807, 2.05) is 6.26 Å². The number of carbonyl (C=O) groups is 1. The third kappa shape index (κ3) is 5.65. The van der Waals surface area contributed by atoms with E-state index in [2.05, 4.69) is 9.46 Å². The predicted octanol–water partition coefficient (Wildman–Crippen LogP) is 0.417. The van der Waals surface area contributed by atoms with Gasteiger partial charge in [0.05, 0.1) is 13.5 Å². The number of esters is 1. The molecule has 0 saturated carbocycles. The first-order chi connectivity index (χ1) is 4.31. The molecule has 0 atom stereocenters.